The van der Waals surface area contributed by atoms with Gasteiger partial charge in [0, 0.05) is 44.4 Å². The number of halogens is 1. The van der Waals surface area contributed by atoms with Crippen LogP contribution < -0.4 is 5.32 Å². The summed E-state index contributed by atoms with van der Waals surface area (Å²) in [7, 11) is 0. The second-order valence-corrected chi connectivity index (χ2v) is 10.1. The Morgan fingerprint density at radius 1 is 1.06 bits per heavy atom. The summed E-state index contributed by atoms with van der Waals surface area (Å²) in [5, 5.41) is 4.57. The number of nitrogens with zero attached hydrogens (tertiary/aromatic N) is 2. The summed E-state index contributed by atoms with van der Waals surface area (Å²) in [5.74, 6) is -0.0793. The van der Waals surface area contributed by atoms with Gasteiger partial charge in [-0.1, -0.05) is 29.8 Å². The average molecular weight is 488 g/mol. The van der Waals surface area contributed by atoms with Gasteiger partial charge in [0.1, 0.15) is 5.00 Å². The van der Waals surface area contributed by atoms with Crippen LogP contribution >= 0.6 is 22.9 Å². The summed E-state index contributed by atoms with van der Waals surface area (Å²) in [4.78, 5) is 19.5. The van der Waals surface area contributed by atoms with Gasteiger partial charge in [-0.3, -0.25) is 4.79 Å². The third kappa shape index (κ3) is 4.46. The molecule has 0 bridgehead atoms. The van der Waals surface area contributed by atoms with Crippen LogP contribution in [0.2, 0.25) is 5.02 Å². The minimum absolute atomic E-state index is 0.0793. The molecule has 0 radical (unpaired) electrons. The van der Waals surface area contributed by atoms with Crippen LogP contribution in [0.1, 0.15) is 50.6 Å². The Labute approximate surface area is 208 Å². The van der Waals surface area contributed by atoms with Gasteiger partial charge in [-0.25, -0.2) is 4.99 Å². The van der Waals surface area contributed by atoms with Crippen LogP contribution in [-0.4, -0.2) is 16.7 Å². The van der Waals surface area contributed by atoms with Crippen molar-refractivity contribution in [3.63, 3.8) is 0 Å². The predicted molar refractivity (Wildman–Crippen MR) is 143 cm³/mol. The summed E-state index contributed by atoms with van der Waals surface area (Å²) in [6, 6.07) is 19.6. The first-order chi connectivity index (χ1) is 16.5. The number of aryl methyl sites for hydroxylation is 2. The third-order valence-electron chi connectivity index (χ3n) is 6.29. The summed E-state index contributed by atoms with van der Waals surface area (Å²) in [5.41, 5.74) is 7.01. The van der Waals surface area contributed by atoms with E-state index in [4.69, 9.17) is 16.6 Å². The zero-order valence-corrected chi connectivity index (χ0v) is 20.8. The number of aliphatic imine (C=N–C) groups is 1. The number of fused-ring (bicyclic) bond motifs is 1. The van der Waals surface area contributed by atoms with Crippen molar-refractivity contribution >= 4 is 45.7 Å². The van der Waals surface area contributed by atoms with Crippen molar-refractivity contribution in [3.8, 4) is 5.69 Å². The number of nitrogens with one attached hydrogen (secondary N) is 1. The highest BCUT2D eigenvalue weighted by Gasteiger charge is 2.25. The Kier molecular flexibility index (Phi) is 6.40. The van der Waals surface area contributed by atoms with Crippen molar-refractivity contribution < 1.29 is 4.79 Å². The van der Waals surface area contributed by atoms with Gasteiger partial charge < -0.3 is 9.88 Å². The fourth-order valence-corrected chi connectivity index (χ4v) is 5.98. The SMILES string of the molecule is Cc1cc(C=Nc2sc3c(c2C(=O)Nc2ccccc2)CCCC3)c(C)n1-c1ccc(Cl)cc1. The van der Waals surface area contributed by atoms with Crippen LogP contribution in [0.4, 0.5) is 10.7 Å². The molecular formula is C28H26ClN3OS. The number of rotatable bonds is 5. The van der Waals surface area contributed by atoms with E-state index in [0.717, 1.165) is 63.2 Å². The van der Waals surface area contributed by atoms with Crippen LogP contribution in [0, 0.1) is 13.8 Å². The van der Waals surface area contributed by atoms with E-state index >= 15 is 0 Å². The first-order valence-electron chi connectivity index (χ1n) is 11.5. The molecule has 4 aromatic rings. The summed E-state index contributed by atoms with van der Waals surface area (Å²) in [6.45, 7) is 4.17. The number of amides is 1. The molecule has 1 N–H and O–H groups in total. The number of anilines is 1. The molecule has 0 spiro atoms. The lowest BCUT2D eigenvalue weighted by molar-refractivity contribution is 0.102. The average Bonchev–Trinajstić information content (AvgIpc) is 3.35. The fourth-order valence-electron chi connectivity index (χ4n) is 4.63. The molecule has 0 unspecified atom stereocenters. The molecule has 0 saturated heterocycles. The molecule has 0 fully saturated rings. The highest BCUT2D eigenvalue weighted by atomic mass is 35.5. The molecule has 2 heterocycles. The second kappa shape index (κ2) is 9.61. The van der Waals surface area contributed by atoms with Crippen LogP contribution in [0.5, 0.6) is 0 Å². The van der Waals surface area contributed by atoms with E-state index < -0.39 is 0 Å². The zero-order chi connectivity index (χ0) is 23.7. The van der Waals surface area contributed by atoms with Gasteiger partial charge in [0.15, 0.2) is 0 Å². The van der Waals surface area contributed by atoms with Gasteiger partial charge >= 0.3 is 0 Å². The number of para-hydroxylation sites is 1. The first kappa shape index (κ1) is 22.6. The van der Waals surface area contributed by atoms with E-state index in [-0.39, 0.29) is 5.91 Å². The van der Waals surface area contributed by atoms with Crippen LogP contribution in [0.25, 0.3) is 5.69 Å². The first-order valence-corrected chi connectivity index (χ1v) is 12.7. The minimum Gasteiger partial charge on any atom is -0.322 e. The molecule has 1 aliphatic carbocycles. The lowest BCUT2D eigenvalue weighted by atomic mass is 9.95. The number of hydrogen-bond donors (Lipinski definition) is 1. The number of benzene rings is 2. The summed E-state index contributed by atoms with van der Waals surface area (Å²) in [6.07, 6.45) is 6.13. The number of carbonyl (C=O) groups is 1. The van der Waals surface area contributed by atoms with Crippen LogP contribution in [0.3, 0.4) is 0 Å². The quantitative estimate of drug-likeness (QED) is 0.288. The maximum Gasteiger partial charge on any atom is 0.259 e. The van der Waals surface area contributed by atoms with Gasteiger partial charge in [0.2, 0.25) is 0 Å². The van der Waals surface area contributed by atoms with E-state index in [9.17, 15) is 4.79 Å². The number of carbonyl (C=O) groups excluding carboxylic acids is 1. The van der Waals surface area contributed by atoms with Gasteiger partial charge in [-0.2, -0.15) is 0 Å². The molecule has 1 amide bonds. The Hall–Kier alpha value is -3.15. The van der Waals surface area contributed by atoms with Crippen molar-refractivity contribution in [3.05, 3.63) is 98.6 Å². The molecule has 5 rings (SSSR count). The van der Waals surface area contributed by atoms with Gasteiger partial charge in [0.05, 0.1) is 5.56 Å². The summed E-state index contributed by atoms with van der Waals surface area (Å²) < 4.78 is 2.19. The monoisotopic (exact) mass is 487 g/mol. The second-order valence-electron chi connectivity index (χ2n) is 8.61. The third-order valence-corrected chi connectivity index (χ3v) is 7.74. The highest BCUT2D eigenvalue weighted by molar-refractivity contribution is 7.16. The van der Waals surface area contributed by atoms with Crippen molar-refractivity contribution in [2.24, 2.45) is 4.99 Å². The van der Waals surface area contributed by atoms with Gasteiger partial charge in [0.25, 0.3) is 5.91 Å². The number of thiophene rings is 1. The molecule has 0 atom stereocenters. The topological polar surface area (TPSA) is 46.4 Å². The number of hydrogen-bond acceptors (Lipinski definition) is 3. The molecule has 0 aliphatic heterocycles. The van der Waals surface area contributed by atoms with E-state index in [1.807, 2.05) is 60.8 Å². The maximum atomic E-state index is 13.3. The van der Waals surface area contributed by atoms with Crippen molar-refractivity contribution in [2.45, 2.75) is 39.5 Å². The Bertz CT molecular complexity index is 1370. The Balaban J connectivity index is 1.50. The Morgan fingerprint density at radius 3 is 2.56 bits per heavy atom. The van der Waals surface area contributed by atoms with Crippen LogP contribution in [-0.2, 0) is 12.8 Å². The normalized spacial score (nSPS) is 13.3. The molecule has 34 heavy (non-hydrogen) atoms. The molecule has 0 saturated carbocycles. The van der Waals surface area contributed by atoms with Crippen LogP contribution in [0.15, 0.2) is 65.7 Å². The van der Waals surface area contributed by atoms with E-state index in [2.05, 4.69) is 29.8 Å². The largest absolute Gasteiger partial charge is 0.322 e. The lowest BCUT2D eigenvalue weighted by Gasteiger charge is -2.12. The minimum atomic E-state index is -0.0793. The number of aromatic nitrogens is 1. The summed E-state index contributed by atoms with van der Waals surface area (Å²) >= 11 is 7.73. The molecule has 2 aromatic carbocycles. The fraction of sp³-hybridized carbons (Fsp3) is 0.214. The van der Waals surface area contributed by atoms with Crippen molar-refractivity contribution in [2.75, 3.05) is 5.32 Å². The lowest BCUT2D eigenvalue weighted by Crippen LogP contribution is -2.14. The predicted octanol–water partition coefficient (Wildman–Crippen LogP) is 7.69. The smallest absolute Gasteiger partial charge is 0.259 e. The van der Waals surface area contributed by atoms with E-state index in [0.29, 0.717) is 0 Å². The maximum absolute atomic E-state index is 13.3. The highest BCUT2D eigenvalue weighted by Crippen LogP contribution is 2.40. The van der Waals surface area contributed by atoms with E-state index in [1.165, 1.54) is 16.9 Å². The van der Waals surface area contributed by atoms with E-state index in [1.54, 1.807) is 11.3 Å². The molecule has 1 aliphatic rings. The van der Waals surface area contributed by atoms with Gasteiger partial charge in [-0.15, -0.1) is 11.3 Å². The molecule has 2 aromatic heterocycles. The van der Waals surface area contributed by atoms with Crippen molar-refractivity contribution in [1.82, 2.24) is 4.57 Å². The Morgan fingerprint density at radius 2 is 1.79 bits per heavy atom. The molecular weight excluding hydrogens is 462 g/mol. The molecule has 172 valence electrons. The standard InChI is InChI=1S/C28H26ClN3OS/c1-18-16-20(19(2)32(18)23-14-12-21(29)13-15-23)17-30-28-26(24-10-6-7-11-25(24)34-28)27(33)31-22-8-4-3-5-9-22/h3-5,8-9,12-17H,6-7,10-11H2,1-2H3,(H,31,33). The van der Waals surface area contributed by atoms with Crippen molar-refractivity contribution in [1.29, 1.82) is 0 Å². The molecule has 6 heteroatoms. The molecule has 4 nitrogen and oxygen atoms in total. The zero-order valence-electron chi connectivity index (χ0n) is 19.3. The van der Waals surface area contributed by atoms with Gasteiger partial charge in [-0.05, 0) is 87.6 Å².